The average molecular weight is 235 g/mol. The first-order chi connectivity index (χ1) is 7.79. The van der Waals surface area contributed by atoms with E-state index >= 15 is 0 Å². The summed E-state index contributed by atoms with van der Waals surface area (Å²) in [5.41, 5.74) is 8.38. The van der Waals surface area contributed by atoms with E-state index in [2.05, 4.69) is 10.6 Å². The van der Waals surface area contributed by atoms with E-state index in [0.717, 1.165) is 16.8 Å². The smallest absolute Gasteiger partial charge is 0.315 e. The summed E-state index contributed by atoms with van der Waals surface area (Å²) in [4.78, 5) is 11.6. The third-order valence-corrected chi connectivity index (χ3v) is 2.42. The standard InChI is InChI=1S/C13H21N3O/c1-9-10(6-5-7-11(9)14)8-15-12(17)16-13(2,3)4/h5-7H,8,14H2,1-4H3,(H2,15,16,17). The first kappa shape index (κ1) is 13.4. The lowest BCUT2D eigenvalue weighted by Crippen LogP contribution is -2.46. The van der Waals surface area contributed by atoms with Crippen LogP contribution < -0.4 is 16.4 Å². The van der Waals surface area contributed by atoms with E-state index in [1.54, 1.807) is 0 Å². The normalized spacial score (nSPS) is 11.1. The maximum atomic E-state index is 11.6. The molecule has 94 valence electrons. The molecule has 4 nitrogen and oxygen atoms in total. The van der Waals surface area contributed by atoms with Crippen LogP contribution in [0.5, 0.6) is 0 Å². The molecule has 0 fully saturated rings. The fraction of sp³-hybridized carbons (Fsp3) is 0.462. The second kappa shape index (κ2) is 5.08. The van der Waals surface area contributed by atoms with Gasteiger partial charge in [-0.15, -0.1) is 0 Å². The monoisotopic (exact) mass is 235 g/mol. The Kier molecular flexibility index (Phi) is 3.99. The molecule has 17 heavy (non-hydrogen) atoms. The molecule has 1 aromatic carbocycles. The fourth-order valence-electron chi connectivity index (χ4n) is 1.46. The van der Waals surface area contributed by atoms with Crippen LogP contribution in [0.2, 0.25) is 0 Å². The van der Waals surface area contributed by atoms with Crippen molar-refractivity contribution in [1.29, 1.82) is 0 Å². The highest BCUT2D eigenvalue weighted by molar-refractivity contribution is 5.74. The quantitative estimate of drug-likeness (QED) is 0.688. The Labute approximate surface area is 103 Å². The minimum atomic E-state index is -0.227. The van der Waals surface area contributed by atoms with Crippen molar-refractivity contribution in [1.82, 2.24) is 10.6 Å². The molecular formula is C13H21N3O. The van der Waals surface area contributed by atoms with Crippen molar-refractivity contribution in [2.45, 2.75) is 39.8 Å². The highest BCUT2D eigenvalue weighted by Crippen LogP contribution is 2.14. The van der Waals surface area contributed by atoms with Crippen LogP contribution in [0.4, 0.5) is 10.5 Å². The minimum Gasteiger partial charge on any atom is -0.399 e. The van der Waals surface area contributed by atoms with Crippen molar-refractivity contribution in [2.75, 3.05) is 5.73 Å². The number of benzene rings is 1. The number of urea groups is 1. The van der Waals surface area contributed by atoms with Gasteiger partial charge in [0.2, 0.25) is 0 Å². The predicted molar refractivity (Wildman–Crippen MR) is 70.7 cm³/mol. The summed E-state index contributed by atoms with van der Waals surface area (Å²) in [6.07, 6.45) is 0. The minimum absolute atomic E-state index is 0.167. The van der Waals surface area contributed by atoms with Crippen molar-refractivity contribution in [2.24, 2.45) is 0 Å². The van der Waals surface area contributed by atoms with Gasteiger partial charge < -0.3 is 16.4 Å². The molecule has 0 unspecified atom stereocenters. The Morgan fingerprint density at radius 1 is 1.35 bits per heavy atom. The average Bonchev–Trinajstić information content (AvgIpc) is 2.18. The summed E-state index contributed by atoms with van der Waals surface area (Å²) >= 11 is 0. The zero-order valence-corrected chi connectivity index (χ0v) is 10.9. The third-order valence-electron chi connectivity index (χ3n) is 2.42. The molecule has 0 atom stereocenters. The molecule has 0 spiro atoms. The number of hydrogen-bond donors (Lipinski definition) is 3. The third kappa shape index (κ3) is 4.34. The molecule has 4 heteroatoms. The van der Waals surface area contributed by atoms with Gasteiger partial charge in [0, 0.05) is 17.8 Å². The molecule has 0 aromatic heterocycles. The first-order valence-corrected chi connectivity index (χ1v) is 5.69. The van der Waals surface area contributed by atoms with Crippen LogP contribution in [-0.2, 0) is 6.54 Å². The van der Waals surface area contributed by atoms with Crippen LogP contribution in [0, 0.1) is 6.92 Å². The molecule has 0 heterocycles. The summed E-state index contributed by atoms with van der Waals surface area (Å²) in [7, 11) is 0. The second-order valence-corrected chi connectivity index (χ2v) is 5.19. The van der Waals surface area contributed by atoms with Gasteiger partial charge in [-0.1, -0.05) is 12.1 Å². The molecule has 1 rings (SSSR count). The molecule has 0 aliphatic carbocycles. The van der Waals surface area contributed by atoms with Gasteiger partial charge in [0.05, 0.1) is 0 Å². The van der Waals surface area contributed by atoms with Crippen molar-refractivity contribution in [3.05, 3.63) is 29.3 Å². The molecule has 0 aliphatic rings. The van der Waals surface area contributed by atoms with Crippen molar-refractivity contribution in [3.8, 4) is 0 Å². The van der Waals surface area contributed by atoms with E-state index in [4.69, 9.17) is 5.73 Å². The first-order valence-electron chi connectivity index (χ1n) is 5.69. The van der Waals surface area contributed by atoms with E-state index < -0.39 is 0 Å². The van der Waals surface area contributed by atoms with Gasteiger partial charge in [-0.2, -0.15) is 0 Å². The number of amides is 2. The van der Waals surface area contributed by atoms with Gasteiger partial charge in [-0.3, -0.25) is 0 Å². The lowest BCUT2D eigenvalue weighted by molar-refractivity contribution is 0.231. The largest absolute Gasteiger partial charge is 0.399 e. The number of carbonyl (C=O) groups is 1. The zero-order chi connectivity index (χ0) is 13.1. The van der Waals surface area contributed by atoms with Crippen LogP contribution in [0.15, 0.2) is 18.2 Å². The lowest BCUT2D eigenvalue weighted by atomic mass is 10.1. The van der Waals surface area contributed by atoms with Crippen LogP contribution >= 0.6 is 0 Å². The molecule has 2 amide bonds. The molecule has 1 aromatic rings. The van der Waals surface area contributed by atoms with E-state index in [0.29, 0.717) is 6.54 Å². The second-order valence-electron chi connectivity index (χ2n) is 5.19. The van der Waals surface area contributed by atoms with Crippen LogP contribution in [-0.4, -0.2) is 11.6 Å². The number of carbonyl (C=O) groups excluding carboxylic acids is 1. The van der Waals surface area contributed by atoms with Crippen molar-refractivity contribution in [3.63, 3.8) is 0 Å². The molecule has 0 saturated heterocycles. The van der Waals surface area contributed by atoms with Crippen LogP contribution in [0.1, 0.15) is 31.9 Å². The topological polar surface area (TPSA) is 67.1 Å². The van der Waals surface area contributed by atoms with Crippen LogP contribution in [0.3, 0.4) is 0 Å². The number of anilines is 1. The SMILES string of the molecule is Cc1c(N)cccc1CNC(=O)NC(C)(C)C. The summed E-state index contributed by atoms with van der Waals surface area (Å²) < 4.78 is 0. The molecule has 0 radical (unpaired) electrons. The number of nitrogens with one attached hydrogen (secondary N) is 2. The summed E-state index contributed by atoms with van der Waals surface area (Å²) in [6, 6.07) is 5.54. The van der Waals surface area contributed by atoms with E-state index in [-0.39, 0.29) is 11.6 Å². The lowest BCUT2D eigenvalue weighted by Gasteiger charge is -2.21. The highest BCUT2D eigenvalue weighted by Gasteiger charge is 2.13. The van der Waals surface area contributed by atoms with Crippen LogP contribution in [0.25, 0.3) is 0 Å². The Morgan fingerprint density at radius 2 is 2.00 bits per heavy atom. The molecule has 0 bridgehead atoms. The van der Waals surface area contributed by atoms with Gasteiger partial charge in [0.25, 0.3) is 0 Å². The zero-order valence-electron chi connectivity index (χ0n) is 10.9. The maximum Gasteiger partial charge on any atom is 0.315 e. The number of rotatable bonds is 2. The Hall–Kier alpha value is -1.71. The summed E-state index contributed by atoms with van der Waals surface area (Å²) in [5, 5.41) is 5.66. The van der Waals surface area contributed by atoms with Gasteiger partial charge in [-0.25, -0.2) is 4.79 Å². The number of nitrogens with two attached hydrogens (primary N) is 1. The molecule has 4 N–H and O–H groups in total. The maximum absolute atomic E-state index is 11.6. The summed E-state index contributed by atoms with van der Waals surface area (Å²) in [6.45, 7) is 8.27. The van der Waals surface area contributed by atoms with Gasteiger partial charge >= 0.3 is 6.03 Å². The Balaban J connectivity index is 2.56. The summed E-state index contributed by atoms with van der Waals surface area (Å²) in [5.74, 6) is 0. The number of nitrogen functional groups attached to an aromatic ring is 1. The number of hydrogen-bond acceptors (Lipinski definition) is 2. The van der Waals surface area contributed by atoms with Gasteiger partial charge in [0.1, 0.15) is 0 Å². The molecule has 0 aliphatic heterocycles. The van der Waals surface area contributed by atoms with Crippen molar-refractivity contribution < 1.29 is 4.79 Å². The Morgan fingerprint density at radius 3 is 2.59 bits per heavy atom. The fourth-order valence-corrected chi connectivity index (χ4v) is 1.46. The Bertz CT molecular complexity index is 408. The molecular weight excluding hydrogens is 214 g/mol. The highest BCUT2D eigenvalue weighted by atomic mass is 16.2. The van der Waals surface area contributed by atoms with Crippen molar-refractivity contribution >= 4 is 11.7 Å². The van der Waals surface area contributed by atoms with Gasteiger partial charge in [-0.05, 0) is 44.9 Å². The van der Waals surface area contributed by atoms with Gasteiger partial charge in [0.15, 0.2) is 0 Å². The van der Waals surface area contributed by atoms with E-state index in [1.165, 1.54) is 0 Å². The van der Waals surface area contributed by atoms with E-state index in [1.807, 2.05) is 45.9 Å². The van der Waals surface area contributed by atoms with E-state index in [9.17, 15) is 4.79 Å². The molecule has 0 saturated carbocycles. The predicted octanol–water partition coefficient (Wildman–Crippen LogP) is 2.17.